The first-order valence-electron chi connectivity index (χ1n) is 26.7. The van der Waals surface area contributed by atoms with Gasteiger partial charge in [-0.2, -0.15) is 0 Å². The Labute approximate surface area is 463 Å². The third kappa shape index (κ3) is 8.25. The highest BCUT2D eigenvalue weighted by Gasteiger charge is 2.28. The molecule has 370 valence electrons. The van der Waals surface area contributed by atoms with E-state index in [1.54, 1.807) is 0 Å². The van der Waals surface area contributed by atoms with E-state index in [0.29, 0.717) is 0 Å². The van der Waals surface area contributed by atoms with E-state index in [1.165, 1.54) is 107 Å². The van der Waals surface area contributed by atoms with Gasteiger partial charge in [0.25, 0.3) is 0 Å². The van der Waals surface area contributed by atoms with E-state index in [9.17, 15) is 0 Å². The second-order valence-electron chi connectivity index (χ2n) is 20.0. The van der Waals surface area contributed by atoms with Crippen molar-refractivity contribution in [2.24, 2.45) is 0 Å². The molecule has 2 heterocycles. The average molecular weight is 1030 g/mol. The summed E-state index contributed by atoms with van der Waals surface area (Å²) in [5.41, 5.74) is 20.9. The van der Waals surface area contributed by atoms with Crippen LogP contribution in [0.15, 0.2) is 279 Å². The smallest absolute Gasteiger partial charge is 0.0641 e. The van der Waals surface area contributed by atoms with Crippen molar-refractivity contribution >= 4 is 97.1 Å². The lowest BCUT2D eigenvalue weighted by molar-refractivity contribution is 1.26. The Kier molecular flexibility index (Phi) is 12.1. The summed E-state index contributed by atoms with van der Waals surface area (Å²) in [6, 6.07) is 102. The van der Waals surface area contributed by atoms with Gasteiger partial charge in [-0.15, -0.1) is 22.7 Å². The Bertz CT molecular complexity index is 4110. The molecule has 0 saturated heterocycles. The first kappa shape index (κ1) is 47.2. The Hall–Kier alpha value is -9.32. The molecule has 78 heavy (non-hydrogen) atoms. The van der Waals surface area contributed by atoms with Crippen LogP contribution in [0.1, 0.15) is 11.1 Å². The summed E-state index contributed by atoms with van der Waals surface area (Å²) >= 11 is 3.74. The van der Waals surface area contributed by atoms with Gasteiger partial charge >= 0.3 is 0 Å². The molecule has 2 aromatic heterocycles. The minimum atomic E-state index is 1.13. The van der Waals surface area contributed by atoms with Crippen LogP contribution in [-0.2, 0) is 0 Å². The topological polar surface area (TPSA) is 6.48 Å². The predicted molar refractivity (Wildman–Crippen MR) is 338 cm³/mol. The molecule has 0 radical (unpaired) electrons. The van der Waals surface area contributed by atoms with Crippen LogP contribution >= 0.6 is 22.7 Å². The summed E-state index contributed by atoms with van der Waals surface area (Å²) in [7, 11) is 0. The number of benzene rings is 12. The quantitative estimate of drug-likeness (QED) is 0.127. The summed E-state index contributed by atoms with van der Waals surface area (Å²) in [5.74, 6) is 0. The Balaban J connectivity index is 0.963. The number of thiophene rings is 2. The van der Waals surface area contributed by atoms with E-state index in [4.69, 9.17) is 0 Å². The maximum atomic E-state index is 2.55. The van der Waals surface area contributed by atoms with Crippen molar-refractivity contribution in [1.82, 2.24) is 0 Å². The largest absolute Gasteiger partial charge is 0.308 e. The van der Waals surface area contributed by atoms with Crippen molar-refractivity contribution < 1.29 is 0 Å². The van der Waals surface area contributed by atoms with Gasteiger partial charge in [-0.25, -0.2) is 0 Å². The molecule has 2 nitrogen and oxygen atoms in total. The van der Waals surface area contributed by atoms with E-state index < -0.39 is 0 Å². The summed E-state index contributed by atoms with van der Waals surface area (Å²) < 4.78 is 5.08. The monoisotopic (exact) mass is 1030 g/mol. The Morgan fingerprint density at radius 1 is 0.244 bits per heavy atom. The molecule has 0 fully saturated rings. The standard InChI is InChI=1S/C74H52N2S2/c1-49-47-55(43-45-65(49)75(67-39-21-37-63-61-31-15-17-41-69(61)77-73(63)67)71-57(51-23-7-3-8-24-51)33-19-34-58(71)52-25-9-4-10-26-52)56-44-46-66(50(2)48-56)76(68-40-22-38-64-62-32-16-18-42-70(62)78-74(64)68)72-59(53-27-11-5-12-28-53)35-20-36-60(72)54-29-13-6-14-30-54/h3-48H,1-2H3. The van der Waals surface area contributed by atoms with Gasteiger partial charge in [-0.1, -0.05) is 231 Å². The number of para-hydroxylation sites is 2. The third-order valence-corrected chi connectivity index (χ3v) is 17.7. The summed E-state index contributed by atoms with van der Waals surface area (Å²) in [4.78, 5) is 5.10. The first-order valence-corrected chi connectivity index (χ1v) is 28.3. The highest BCUT2D eigenvalue weighted by molar-refractivity contribution is 7.26. The number of anilines is 6. The molecule has 0 aliphatic heterocycles. The van der Waals surface area contributed by atoms with E-state index >= 15 is 0 Å². The van der Waals surface area contributed by atoms with Crippen molar-refractivity contribution in [3.05, 3.63) is 290 Å². The molecule has 0 atom stereocenters. The Morgan fingerprint density at radius 3 is 0.897 bits per heavy atom. The molecule has 0 saturated carbocycles. The van der Waals surface area contributed by atoms with Gasteiger partial charge in [0, 0.05) is 64.6 Å². The van der Waals surface area contributed by atoms with Gasteiger partial charge < -0.3 is 9.80 Å². The number of hydrogen-bond acceptors (Lipinski definition) is 4. The first-order chi connectivity index (χ1) is 38.6. The molecular formula is C74H52N2S2. The molecule has 0 bridgehead atoms. The minimum Gasteiger partial charge on any atom is -0.308 e. The zero-order valence-electron chi connectivity index (χ0n) is 43.3. The molecule has 0 aliphatic carbocycles. The SMILES string of the molecule is Cc1cc(-c2ccc(N(c3c(-c4ccccc4)cccc3-c3ccccc3)c3cccc4c3sc3ccccc34)c(C)c2)ccc1N(c1c(-c2ccccc2)cccc1-c1ccccc1)c1cccc2c1sc1ccccc12. The van der Waals surface area contributed by atoms with E-state index in [2.05, 4.69) is 303 Å². The van der Waals surface area contributed by atoms with Crippen molar-refractivity contribution in [3.63, 3.8) is 0 Å². The van der Waals surface area contributed by atoms with Gasteiger partial charge in [0.2, 0.25) is 0 Å². The molecule has 0 unspecified atom stereocenters. The number of hydrogen-bond donors (Lipinski definition) is 0. The Morgan fingerprint density at radius 2 is 0.551 bits per heavy atom. The van der Waals surface area contributed by atoms with Crippen LogP contribution in [0.5, 0.6) is 0 Å². The van der Waals surface area contributed by atoms with E-state index in [-0.39, 0.29) is 0 Å². The predicted octanol–water partition coefficient (Wildman–Crippen LogP) is 22.3. The fourth-order valence-corrected chi connectivity index (χ4v) is 14.1. The van der Waals surface area contributed by atoms with Crippen LogP contribution in [0.2, 0.25) is 0 Å². The van der Waals surface area contributed by atoms with Crippen LogP contribution in [0.4, 0.5) is 34.1 Å². The molecule has 14 aromatic rings. The van der Waals surface area contributed by atoms with E-state index in [1.807, 2.05) is 22.7 Å². The summed E-state index contributed by atoms with van der Waals surface area (Å²) in [6.45, 7) is 4.56. The third-order valence-electron chi connectivity index (χ3n) is 15.3. The maximum Gasteiger partial charge on any atom is 0.0641 e. The summed E-state index contributed by atoms with van der Waals surface area (Å²) in [5, 5.41) is 5.09. The number of aryl methyl sites for hydroxylation is 2. The second kappa shape index (κ2) is 20.0. The zero-order valence-corrected chi connectivity index (χ0v) is 44.9. The van der Waals surface area contributed by atoms with Gasteiger partial charge in [-0.3, -0.25) is 0 Å². The summed E-state index contributed by atoms with van der Waals surface area (Å²) in [6.07, 6.45) is 0. The average Bonchev–Trinajstić information content (AvgIpc) is 4.10. The maximum absolute atomic E-state index is 2.55. The van der Waals surface area contributed by atoms with Crippen LogP contribution < -0.4 is 9.80 Å². The molecule has 14 rings (SSSR count). The fraction of sp³-hybridized carbons (Fsp3) is 0.0270. The lowest BCUT2D eigenvalue weighted by Gasteiger charge is -2.32. The van der Waals surface area contributed by atoms with Crippen molar-refractivity contribution in [2.75, 3.05) is 9.80 Å². The lowest BCUT2D eigenvalue weighted by Crippen LogP contribution is -2.14. The highest BCUT2D eigenvalue weighted by Crippen LogP contribution is 2.54. The number of nitrogens with zero attached hydrogens (tertiary/aromatic N) is 2. The molecule has 0 spiro atoms. The van der Waals surface area contributed by atoms with Crippen LogP contribution in [-0.4, -0.2) is 0 Å². The van der Waals surface area contributed by atoms with Crippen LogP contribution in [0, 0.1) is 13.8 Å². The van der Waals surface area contributed by atoms with Crippen LogP contribution in [0.25, 0.3) is 96.0 Å². The van der Waals surface area contributed by atoms with Gasteiger partial charge in [0.05, 0.1) is 32.1 Å². The normalized spacial score (nSPS) is 11.5. The highest BCUT2D eigenvalue weighted by atomic mass is 32.1. The molecule has 0 N–H and O–H groups in total. The molecular weight excluding hydrogens is 981 g/mol. The van der Waals surface area contributed by atoms with Gasteiger partial charge in [0.1, 0.15) is 0 Å². The van der Waals surface area contributed by atoms with Gasteiger partial charge in [-0.05, 0) is 107 Å². The fourth-order valence-electron chi connectivity index (χ4n) is 11.7. The second-order valence-corrected chi connectivity index (χ2v) is 22.1. The molecule has 0 aliphatic rings. The molecule has 12 aromatic carbocycles. The molecule has 4 heteroatoms. The van der Waals surface area contributed by atoms with Crippen molar-refractivity contribution in [3.8, 4) is 55.6 Å². The van der Waals surface area contributed by atoms with E-state index in [0.717, 1.165) is 34.1 Å². The number of fused-ring (bicyclic) bond motifs is 6. The van der Waals surface area contributed by atoms with Crippen LogP contribution in [0.3, 0.4) is 0 Å². The molecule has 0 amide bonds. The lowest BCUT2D eigenvalue weighted by atomic mass is 9.92. The van der Waals surface area contributed by atoms with Crippen molar-refractivity contribution in [2.45, 2.75) is 13.8 Å². The minimum absolute atomic E-state index is 1.13. The van der Waals surface area contributed by atoms with Gasteiger partial charge in [0.15, 0.2) is 0 Å². The van der Waals surface area contributed by atoms with Crippen molar-refractivity contribution in [1.29, 1.82) is 0 Å². The number of rotatable bonds is 11. The zero-order chi connectivity index (χ0) is 52.1.